The van der Waals surface area contributed by atoms with Crippen molar-refractivity contribution in [2.75, 3.05) is 7.11 Å². The summed E-state index contributed by atoms with van der Waals surface area (Å²) in [5.41, 5.74) is 0.407. The summed E-state index contributed by atoms with van der Waals surface area (Å²) in [5.74, 6) is -2.41. The summed E-state index contributed by atoms with van der Waals surface area (Å²) in [4.78, 5) is 0. The summed E-state index contributed by atoms with van der Waals surface area (Å²) >= 11 is 0. The summed E-state index contributed by atoms with van der Waals surface area (Å²) in [7, 11) is 1.49. The quantitative estimate of drug-likeness (QED) is 0.750. The van der Waals surface area contributed by atoms with E-state index in [2.05, 4.69) is 0 Å². The van der Waals surface area contributed by atoms with Crippen LogP contribution in [0.3, 0.4) is 0 Å². The topological polar surface area (TPSA) is 18.5 Å². The van der Waals surface area contributed by atoms with Crippen molar-refractivity contribution < 1.29 is 18.3 Å². The van der Waals surface area contributed by atoms with E-state index >= 15 is 0 Å². The van der Waals surface area contributed by atoms with Crippen LogP contribution in [0.5, 0.6) is 5.75 Å². The molecule has 1 aromatic carbocycles. The van der Waals surface area contributed by atoms with Gasteiger partial charge in [-0.05, 0) is 12.1 Å². The highest BCUT2D eigenvalue weighted by Gasteiger charge is 2.43. The van der Waals surface area contributed by atoms with Gasteiger partial charge in [0.1, 0.15) is 5.75 Å². The molecule has 2 nitrogen and oxygen atoms in total. The number of alkyl halides is 2. The van der Waals surface area contributed by atoms with Crippen molar-refractivity contribution in [2.24, 2.45) is 0 Å². The molecule has 1 heterocycles. The van der Waals surface area contributed by atoms with Gasteiger partial charge in [-0.25, -0.2) is 0 Å². The van der Waals surface area contributed by atoms with Gasteiger partial charge in [0, 0.05) is 11.6 Å². The third-order valence-corrected chi connectivity index (χ3v) is 2.25. The molecule has 1 aromatic rings. The molecule has 1 unspecified atom stereocenters. The van der Waals surface area contributed by atoms with E-state index in [9.17, 15) is 8.78 Å². The number of rotatable bonds is 2. The monoisotopic (exact) mass is 212 g/mol. The van der Waals surface area contributed by atoms with Crippen molar-refractivity contribution in [2.45, 2.75) is 12.0 Å². The highest BCUT2D eigenvalue weighted by atomic mass is 19.3. The minimum atomic E-state index is -2.95. The first kappa shape index (κ1) is 9.96. The number of ether oxygens (including phenoxy) is 2. The Morgan fingerprint density at radius 2 is 2.20 bits per heavy atom. The zero-order valence-electron chi connectivity index (χ0n) is 8.11. The van der Waals surface area contributed by atoms with Gasteiger partial charge in [0.15, 0.2) is 6.10 Å². The Labute approximate surface area is 86.1 Å². The lowest BCUT2D eigenvalue weighted by atomic mass is 10.0. The molecule has 0 aromatic heterocycles. The first-order chi connectivity index (χ1) is 7.13. The van der Waals surface area contributed by atoms with Gasteiger partial charge in [-0.15, -0.1) is 0 Å². The van der Waals surface area contributed by atoms with E-state index in [1.54, 1.807) is 24.3 Å². The molecule has 4 heteroatoms. The van der Waals surface area contributed by atoms with Gasteiger partial charge in [0.05, 0.1) is 13.4 Å². The van der Waals surface area contributed by atoms with Gasteiger partial charge in [-0.2, -0.15) is 8.78 Å². The largest absolute Gasteiger partial charge is 0.497 e. The van der Waals surface area contributed by atoms with E-state index in [0.717, 1.165) is 12.3 Å². The second kappa shape index (κ2) is 3.53. The van der Waals surface area contributed by atoms with Gasteiger partial charge >= 0.3 is 5.92 Å². The molecule has 80 valence electrons. The molecule has 0 fully saturated rings. The second-order valence-corrected chi connectivity index (χ2v) is 3.27. The third-order valence-electron chi connectivity index (χ3n) is 2.25. The summed E-state index contributed by atoms with van der Waals surface area (Å²) in [6, 6.07) is 6.50. The molecule has 0 saturated carbocycles. The molecule has 1 aliphatic heterocycles. The van der Waals surface area contributed by atoms with Crippen LogP contribution in [-0.4, -0.2) is 13.0 Å². The van der Waals surface area contributed by atoms with E-state index in [-0.39, 0.29) is 0 Å². The maximum atomic E-state index is 13.3. The molecule has 0 radical (unpaired) electrons. The third kappa shape index (κ3) is 1.79. The van der Waals surface area contributed by atoms with E-state index in [1.807, 2.05) is 0 Å². The van der Waals surface area contributed by atoms with Gasteiger partial charge in [-0.3, -0.25) is 0 Å². The lowest BCUT2D eigenvalue weighted by Crippen LogP contribution is -2.20. The lowest BCUT2D eigenvalue weighted by Gasteiger charge is -2.18. The molecule has 0 amide bonds. The predicted octanol–water partition coefficient (Wildman–Crippen LogP) is 2.92. The van der Waals surface area contributed by atoms with Crippen molar-refractivity contribution in [1.82, 2.24) is 0 Å². The van der Waals surface area contributed by atoms with Crippen molar-refractivity contribution in [3.05, 3.63) is 42.2 Å². The number of benzene rings is 1. The van der Waals surface area contributed by atoms with Crippen LogP contribution in [0.25, 0.3) is 0 Å². The number of methoxy groups -OCH3 is 1. The molecule has 0 spiro atoms. The SMILES string of the molecule is COc1cccc(C2OC=CC2(F)F)c1. The molecule has 1 atom stereocenters. The Kier molecular flexibility index (Phi) is 2.34. The fourth-order valence-electron chi connectivity index (χ4n) is 1.49. The smallest absolute Gasteiger partial charge is 0.309 e. The van der Waals surface area contributed by atoms with Crippen molar-refractivity contribution >= 4 is 0 Å². The fraction of sp³-hybridized carbons (Fsp3) is 0.273. The van der Waals surface area contributed by atoms with E-state index in [0.29, 0.717) is 11.3 Å². The number of hydrogen-bond donors (Lipinski definition) is 0. The second-order valence-electron chi connectivity index (χ2n) is 3.27. The number of hydrogen-bond acceptors (Lipinski definition) is 2. The first-order valence-electron chi connectivity index (χ1n) is 4.48. The first-order valence-corrected chi connectivity index (χ1v) is 4.48. The molecule has 2 rings (SSSR count). The van der Waals surface area contributed by atoms with Crippen LogP contribution >= 0.6 is 0 Å². The maximum absolute atomic E-state index is 13.3. The van der Waals surface area contributed by atoms with Gasteiger partial charge in [0.2, 0.25) is 0 Å². The molecule has 0 bridgehead atoms. The van der Waals surface area contributed by atoms with Crippen LogP contribution in [-0.2, 0) is 4.74 Å². The maximum Gasteiger partial charge on any atom is 0.309 e. The standard InChI is InChI=1S/C11H10F2O2/c1-14-9-4-2-3-8(7-9)10-11(12,13)5-6-15-10/h2-7,10H,1H3. The van der Waals surface area contributed by atoms with E-state index in [4.69, 9.17) is 9.47 Å². The zero-order valence-corrected chi connectivity index (χ0v) is 8.11. The van der Waals surface area contributed by atoms with Gasteiger partial charge in [0.25, 0.3) is 0 Å². The Bertz CT molecular complexity index is 388. The molecule has 0 aliphatic carbocycles. The normalized spacial score (nSPS) is 22.5. The average molecular weight is 212 g/mol. The molecule has 0 N–H and O–H groups in total. The van der Waals surface area contributed by atoms with Crippen LogP contribution < -0.4 is 4.74 Å². The Morgan fingerprint density at radius 1 is 1.40 bits per heavy atom. The predicted molar refractivity (Wildman–Crippen MR) is 50.9 cm³/mol. The minimum Gasteiger partial charge on any atom is -0.497 e. The van der Waals surface area contributed by atoms with E-state index in [1.165, 1.54) is 7.11 Å². The van der Waals surface area contributed by atoms with Crippen molar-refractivity contribution in [3.63, 3.8) is 0 Å². The summed E-state index contributed by atoms with van der Waals surface area (Å²) < 4.78 is 36.4. The molecule has 0 saturated heterocycles. The summed E-state index contributed by atoms with van der Waals surface area (Å²) in [6.45, 7) is 0. The highest BCUT2D eigenvalue weighted by molar-refractivity contribution is 5.32. The molecule has 15 heavy (non-hydrogen) atoms. The fourth-order valence-corrected chi connectivity index (χ4v) is 1.49. The molecule has 1 aliphatic rings. The lowest BCUT2D eigenvalue weighted by molar-refractivity contribution is -0.0518. The van der Waals surface area contributed by atoms with Crippen LogP contribution in [0.1, 0.15) is 11.7 Å². The Balaban J connectivity index is 2.30. The van der Waals surface area contributed by atoms with Gasteiger partial charge < -0.3 is 9.47 Å². The van der Waals surface area contributed by atoms with E-state index < -0.39 is 12.0 Å². The van der Waals surface area contributed by atoms with Crippen molar-refractivity contribution in [3.8, 4) is 5.75 Å². The minimum absolute atomic E-state index is 0.407. The number of halogens is 2. The summed E-state index contributed by atoms with van der Waals surface area (Å²) in [6.07, 6.45) is 0.550. The van der Waals surface area contributed by atoms with Crippen LogP contribution in [0.2, 0.25) is 0 Å². The van der Waals surface area contributed by atoms with Crippen LogP contribution in [0, 0.1) is 0 Å². The zero-order chi connectivity index (χ0) is 10.9. The van der Waals surface area contributed by atoms with Crippen molar-refractivity contribution in [1.29, 1.82) is 0 Å². The average Bonchev–Trinajstić information content (AvgIpc) is 2.58. The Morgan fingerprint density at radius 3 is 2.80 bits per heavy atom. The van der Waals surface area contributed by atoms with Gasteiger partial charge in [-0.1, -0.05) is 12.1 Å². The molecular formula is C11H10F2O2. The summed E-state index contributed by atoms with van der Waals surface area (Å²) in [5, 5.41) is 0. The van der Waals surface area contributed by atoms with Crippen LogP contribution in [0.4, 0.5) is 8.78 Å². The highest BCUT2D eigenvalue weighted by Crippen LogP contribution is 2.40. The van der Waals surface area contributed by atoms with Crippen LogP contribution in [0.15, 0.2) is 36.6 Å². The molecular weight excluding hydrogens is 202 g/mol. The Hall–Kier alpha value is -1.58.